The molecular weight excluding hydrogens is 496 g/mol. The maximum atomic E-state index is 11.4. The maximum Gasteiger partial charge on any atom is 0.407 e. The van der Waals surface area contributed by atoms with E-state index in [9.17, 15) is 14.4 Å². The predicted octanol–water partition coefficient (Wildman–Crippen LogP) is 5.41. The molecule has 2 amide bonds. The van der Waals surface area contributed by atoms with Crippen LogP contribution in [0.5, 0.6) is 0 Å². The molecule has 39 heavy (non-hydrogen) atoms. The Balaban J connectivity index is 0.000000611. The summed E-state index contributed by atoms with van der Waals surface area (Å²) in [5, 5.41) is 8.68. The number of amides is 2. The summed E-state index contributed by atoms with van der Waals surface area (Å²) in [5.74, 6) is 2.98. The maximum absolute atomic E-state index is 11.4. The van der Waals surface area contributed by atoms with E-state index in [1.54, 1.807) is 0 Å². The van der Waals surface area contributed by atoms with Crippen LogP contribution < -0.4 is 21.7 Å². The zero-order valence-corrected chi connectivity index (χ0v) is 26.2. The van der Waals surface area contributed by atoms with Crippen LogP contribution in [0.3, 0.4) is 0 Å². The Morgan fingerprint density at radius 3 is 1.59 bits per heavy atom. The van der Waals surface area contributed by atoms with E-state index >= 15 is 0 Å². The van der Waals surface area contributed by atoms with Gasteiger partial charge in [-0.25, -0.2) is 9.59 Å². The number of carbonyl (C=O) groups is 3. The highest BCUT2D eigenvalue weighted by molar-refractivity contribution is 5.67. The molecule has 2 aliphatic carbocycles. The molecule has 0 bridgehead atoms. The molecule has 0 radical (unpaired) electrons. The fraction of sp³-hybridized carbons (Fsp3) is 0.900. The molecule has 2 rings (SSSR count). The molecule has 0 unspecified atom stereocenters. The normalized spacial score (nSPS) is 23.1. The number of hydrogen-bond acceptors (Lipinski definition) is 7. The first-order chi connectivity index (χ1) is 18.1. The monoisotopic (exact) mass is 556 g/mol. The van der Waals surface area contributed by atoms with E-state index < -0.39 is 17.3 Å². The summed E-state index contributed by atoms with van der Waals surface area (Å²) in [6.07, 6.45) is 10.5. The number of rotatable bonds is 8. The Bertz CT molecular complexity index is 659. The Hall–Kier alpha value is -1.87. The van der Waals surface area contributed by atoms with Gasteiger partial charge < -0.3 is 36.0 Å². The van der Waals surface area contributed by atoms with Crippen LogP contribution in [0.4, 0.5) is 9.59 Å². The molecule has 0 aromatic rings. The molecule has 0 aromatic heterocycles. The largest absolute Gasteiger partial charge is 0.444 e. The fourth-order valence-electron chi connectivity index (χ4n) is 4.32. The van der Waals surface area contributed by atoms with Crippen LogP contribution in [0, 0.1) is 23.7 Å². The van der Waals surface area contributed by atoms with Crippen LogP contribution in [-0.4, -0.2) is 62.4 Å². The Kier molecular flexibility index (Phi) is 19.1. The lowest BCUT2D eigenvalue weighted by Gasteiger charge is -2.26. The number of nitrogens with two attached hydrogens (primary N) is 1. The highest BCUT2D eigenvalue weighted by atomic mass is 16.6. The van der Waals surface area contributed by atoms with Crippen LogP contribution in [0.25, 0.3) is 0 Å². The van der Waals surface area contributed by atoms with Crippen molar-refractivity contribution in [2.75, 3.05) is 32.7 Å². The van der Waals surface area contributed by atoms with Gasteiger partial charge >= 0.3 is 12.2 Å². The number of aldehydes is 1. The molecule has 0 spiro atoms. The van der Waals surface area contributed by atoms with Crippen molar-refractivity contribution in [2.24, 2.45) is 29.4 Å². The number of nitrogens with one attached hydrogen (secondary N) is 3. The highest BCUT2D eigenvalue weighted by Gasteiger charge is 2.19. The first-order valence-electron chi connectivity index (χ1n) is 14.9. The van der Waals surface area contributed by atoms with Crippen molar-refractivity contribution in [1.82, 2.24) is 16.0 Å². The molecule has 2 aliphatic rings. The number of carbonyl (C=O) groups excluding carboxylic acids is 3. The zero-order chi connectivity index (χ0) is 29.9. The van der Waals surface area contributed by atoms with Crippen LogP contribution >= 0.6 is 0 Å². The predicted molar refractivity (Wildman–Crippen MR) is 159 cm³/mol. The van der Waals surface area contributed by atoms with Crippen molar-refractivity contribution in [2.45, 2.75) is 118 Å². The van der Waals surface area contributed by atoms with Gasteiger partial charge in [0.1, 0.15) is 17.5 Å². The van der Waals surface area contributed by atoms with Gasteiger partial charge in [-0.2, -0.15) is 0 Å². The quantitative estimate of drug-likeness (QED) is 0.232. The lowest BCUT2D eigenvalue weighted by atomic mass is 9.83. The van der Waals surface area contributed by atoms with Gasteiger partial charge in [-0.05, 0) is 91.5 Å². The van der Waals surface area contributed by atoms with Crippen LogP contribution in [-0.2, 0) is 14.3 Å². The van der Waals surface area contributed by atoms with Gasteiger partial charge in [-0.15, -0.1) is 0 Å². The second kappa shape index (κ2) is 20.1. The van der Waals surface area contributed by atoms with E-state index in [-0.39, 0.29) is 6.09 Å². The summed E-state index contributed by atoms with van der Waals surface area (Å²) in [5.41, 5.74) is 4.32. The summed E-state index contributed by atoms with van der Waals surface area (Å²) < 4.78 is 10.1. The molecule has 9 heteroatoms. The molecule has 2 saturated carbocycles. The first kappa shape index (κ1) is 37.1. The van der Waals surface area contributed by atoms with Crippen molar-refractivity contribution < 1.29 is 23.9 Å². The number of hydrogen-bond donors (Lipinski definition) is 4. The molecule has 5 N–H and O–H groups in total. The molecule has 0 aliphatic heterocycles. The minimum Gasteiger partial charge on any atom is -0.444 e. The van der Waals surface area contributed by atoms with Gasteiger partial charge in [0.05, 0.1) is 0 Å². The molecule has 0 saturated heterocycles. The van der Waals surface area contributed by atoms with Gasteiger partial charge in [0, 0.05) is 32.1 Å². The molecule has 0 aromatic carbocycles. The number of ether oxygens (including phenoxy) is 2. The average molecular weight is 557 g/mol. The van der Waals surface area contributed by atoms with E-state index in [4.69, 9.17) is 15.2 Å². The Labute approximate surface area is 238 Å². The highest BCUT2D eigenvalue weighted by Crippen LogP contribution is 2.27. The topological polar surface area (TPSA) is 132 Å². The van der Waals surface area contributed by atoms with Crippen molar-refractivity contribution in [1.29, 1.82) is 0 Å². The lowest BCUT2D eigenvalue weighted by Crippen LogP contribution is -2.37. The Morgan fingerprint density at radius 2 is 1.18 bits per heavy atom. The van der Waals surface area contributed by atoms with E-state index in [1.807, 2.05) is 41.5 Å². The standard InChI is InChI=1S/C15H30N2O2.C8H14O.C7H16N2O2/c1-12-5-7-13(8-6-12)11-16-9-10-17-14(18)19-15(2,3)4;1-7-2-4-8(6-9)5-3-7;1-7(2,3)11-6(10)9-5-4-8/h12-13,16H,5-11H2,1-4H3,(H,17,18);6-8H,2-5H2,1H3;4-5,8H2,1-3H3,(H,9,10). The van der Waals surface area contributed by atoms with Crippen molar-refractivity contribution >= 4 is 18.5 Å². The molecule has 0 atom stereocenters. The lowest BCUT2D eigenvalue weighted by molar-refractivity contribution is -0.112. The van der Waals surface area contributed by atoms with Crippen molar-refractivity contribution in [3.05, 3.63) is 0 Å². The molecule has 0 heterocycles. The average Bonchev–Trinajstić information content (AvgIpc) is 2.83. The smallest absolute Gasteiger partial charge is 0.407 e. The summed E-state index contributed by atoms with van der Waals surface area (Å²) in [4.78, 5) is 32.5. The number of alkyl carbamates (subject to hydrolysis) is 2. The molecule has 9 nitrogen and oxygen atoms in total. The van der Waals surface area contributed by atoms with Gasteiger partial charge in [-0.1, -0.05) is 39.5 Å². The second-order valence-corrected chi connectivity index (χ2v) is 13.1. The molecule has 2 fully saturated rings. The third kappa shape index (κ3) is 23.7. The summed E-state index contributed by atoms with van der Waals surface area (Å²) in [6, 6.07) is 0. The molecular formula is C30H60N4O5. The van der Waals surface area contributed by atoms with E-state index in [2.05, 4.69) is 29.8 Å². The third-order valence-electron chi connectivity index (χ3n) is 6.60. The van der Waals surface area contributed by atoms with Crippen LogP contribution in [0.1, 0.15) is 107 Å². The SMILES string of the molecule is CC(C)(C)OC(=O)NCCN.CC1CCC(C=O)CC1.CC1CCC(CNCCNC(=O)OC(C)(C)C)CC1. The fourth-order valence-corrected chi connectivity index (χ4v) is 4.32. The van der Waals surface area contributed by atoms with E-state index in [0.29, 0.717) is 25.6 Å². The summed E-state index contributed by atoms with van der Waals surface area (Å²) >= 11 is 0. The van der Waals surface area contributed by atoms with Crippen molar-refractivity contribution in [3.8, 4) is 0 Å². The zero-order valence-electron chi connectivity index (χ0n) is 26.2. The summed E-state index contributed by atoms with van der Waals surface area (Å²) in [7, 11) is 0. The van der Waals surface area contributed by atoms with Crippen LogP contribution in [0.15, 0.2) is 0 Å². The van der Waals surface area contributed by atoms with E-state index in [0.717, 1.165) is 50.0 Å². The Morgan fingerprint density at radius 1 is 0.744 bits per heavy atom. The van der Waals surface area contributed by atoms with E-state index in [1.165, 1.54) is 38.5 Å². The first-order valence-corrected chi connectivity index (χ1v) is 14.9. The van der Waals surface area contributed by atoms with Gasteiger partial charge in [0.25, 0.3) is 0 Å². The third-order valence-corrected chi connectivity index (χ3v) is 6.60. The van der Waals surface area contributed by atoms with Crippen LogP contribution in [0.2, 0.25) is 0 Å². The molecule has 230 valence electrons. The van der Waals surface area contributed by atoms with Gasteiger partial charge in [0.2, 0.25) is 0 Å². The second-order valence-electron chi connectivity index (χ2n) is 13.1. The summed E-state index contributed by atoms with van der Waals surface area (Å²) in [6.45, 7) is 19.0. The van der Waals surface area contributed by atoms with Gasteiger partial charge in [0.15, 0.2) is 0 Å². The minimum atomic E-state index is -0.432. The van der Waals surface area contributed by atoms with Crippen molar-refractivity contribution in [3.63, 3.8) is 0 Å². The minimum absolute atomic E-state index is 0.333. The van der Waals surface area contributed by atoms with Gasteiger partial charge in [-0.3, -0.25) is 0 Å².